The molecule has 1 atom stereocenters. The van der Waals surface area contributed by atoms with Crippen LogP contribution in [0.1, 0.15) is 32.0 Å². The number of hydrogen-bond acceptors (Lipinski definition) is 7. The number of rotatable bonds is 8. The van der Waals surface area contributed by atoms with E-state index in [1.807, 2.05) is 17.5 Å². The van der Waals surface area contributed by atoms with Crippen LogP contribution in [0.25, 0.3) is 0 Å². The summed E-state index contributed by atoms with van der Waals surface area (Å²) in [5.74, 6) is -2.34. The Morgan fingerprint density at radius 3 is 2.39 bits per heavy atom. The van der Waals surface area contributed by atoms with Gasteiger partial charge in [0, 0.05) is 17.0 Å². The van der Waals surface area contributed by atoms with Gasteiger partial charge in [0.05, 0.1) is 23.7 Å². The molecule has 0 aliphatic carbocycles. The van der Waals surface area contributed by atoms with Crippen molar-refractivity contribution in [1.82, 2.24) is 5.32 Å². The van der Waals surface area contributed by atoms with Gasteiger partial charge in [-0.05, 0) is 60.0 Å². The van der Waals surface area contributed by atoms with E-state index in [4.69, 9.17) is 4.74 Å². The molecule has 0 saturated carbocycles. The van der Waals surface area contributed by atoms with Crippen LogP contribution < -0.4 is 10.2 Å². The average molecular weight is 466 g/mol. The lowest BCUT2D eigenvalue weighted by Crippen LogP contribution is -2.38. The predicted octanol–water partition coefficient (Wildman–Crippen LogP) is 3.35. The van der Waals surface area contributed by atoms with Gasteiger partial charge in [-0.25, -0.2) is 14.1 Å². The molecule has 168 valence electrons. The summed E-state index contributed by atoms with van der Waals surface area (Å²) in [7, 11) is 0. The van der Waals surface area contributed by atoms with Gasteiger partial charge in [0.2, 0.25) is 5.91 Å². The first kappa shape index (κ1) is 22.5. The molecule has 0 bridgehead atoms. The number of anilines is 1. The number of carbonyl (C=O) groups is 4. The highest BCUT2D eigenvalue weighted by molar-refractivity contribution is 7.09. The first-order valence-corrected chi connectivity index (χ1v) is 11.0. The molecule has 33 heavy (non-hydrogen) atoms. The largest absolute Gasteiger partial charge is 0.454 e. The minimum atomic E-state index is -0.730. The Hall–Kier alpha value is -3.69. The van der Waals surface area contributed by atoms with Gasteiger partial charge in [-0.2, -0.15) is 0 Å². The maximum atomic E-state index is 13.0. The minimum Gasteiger partial charge on any atom is -0.454 e. The summed E-state index contributed by atoms with van der Waals surface area (Å²) in [4.78, 5) is 51.6. The Kier molecular flexibility index (Phi) is 6.71. The molecule has 1 aliphatic rings. The van der Waals surface area contributed by atoms with Crippen molar-refractivity contribution in [2.24, 2.45) is 0 Å². The highest BCUT2D eigenvalue weighted by Gasteiger charge is 2.39. The standard InChI is InChI=1S/C24H19FN2O5S/c25-17-7-3-15(4-8-17)21(28)14-32-24(31)16-5-9-18(10-6-16)27-22(29)12-20(23(27)30)26-13-19-2-1-11-33-19/h1-11,20,26H,12-14H2. The van der Waals surface area contributed by atoms with Crippen LogP contribution in [0.2, 0.25) is 0 Å². The highest BCUT2D eigenvalue weighted by Crippen LogP contribution is 2.24. The van der Waals surface area contributed by atoms with Crippen molar-refractivity contribution in [2.45, 2.75) is 19.0 Å². The van der Waals surface area contributed by atoms with Gasteiger partial charge < -0.3 is 10.1 Å². The van der Waals surface area contributed by atoms with Gasteiger partial charge in [-0.3, -0.25) is 14.4 Å². The maximum Gasteiger partial charge on any atom is 0.338 e. The second-order valence-electron chi connectivity index (χ2n) is 7.34. The van der Waals surface area contributed by atoms with Crippen LogP contribution >= 0.6 is 11.3 Å². The zero-order chi connectivity index (χ0) is 23.4. The number of nitrogens with one attached hydrogen (secondary N) is 1. The third-order valence-corrected chi connectivity index (χ3v) is 5.99. The molecule has 3 aromatic rings. The summed E-state index contributed by atoms with van der Waals surface area (Å²) < 4.78 is 18.0. The first-order chi connectivity index (χ1) is 15.9. The number of amides is 2. The summed E-state index contributed by atoms with van der Waals surface area (Å²) in [5.41, 5.74) is 0.745. The van der Waals surface area contributed by atoms with Crippen LogP contribution in [0.4, 0.5) is 10.1 Å². The van der Waals surface area contributed by atoms with Gasteiger partial charge in [0.1, 0.15) is 5.82 Å². The molecule has 0 spiro atoms. The van der Waals surface area contributed by atoms with Crippen molar-refractivity contribution in [3.8, 4) is 0 Å². The number of ether oxygens (including phenoxy) is 1. The van der Waals surface area contributed by atoms with Crippen LogP contribution in [-0.2, 0) is 20.9 Å². The molecule has 2 amide bonds. The van der Waals surface area contributed by atoms with E-state index in [2.05, 4.69) is 5.32 Å². The molecule has 1 aliphatic heterocycles. The molecule has 9 heteroatoms. The van der Waals surface area contributed by atoms with E-state index in [0.29, 0.717) is 12.2 Å². The molecule has 2 aromatic carbocycles. The fourth-order valence-electron chi connectivity index (χ4n) is 3.38. The van der Waals surface area contributed by atoms with Crippen molar-refractivity contribution in [3.05, 3.63) is 87.9 Å². The second kappa shape index (κ2) is 9.85. The third-order valence-electron chi connectivity index (χ3n) is 5.11. The lowest BCUT2D eigenvalue weighted by atomic mass is 10.1. The molecule has 0 radical (unpaired) electrons. The summed E-state index contributed by atoms with van der Waals surface area (Å²) in [6.07, 6.45) is 0.0551. The SMILES string of the molecule is O=C(COC(=O)c1ccc(N2C(=O)CC(NCc3cccs3)C2=O)cc1)c1ccc(F)cc1. The van der Waals surface area contributed by atoms with Gasteiger partial charge >= 0.3 is 5.97 Å². The molecule has 7 nitrogen and oxygen atoms in total. The lowest BCUT2D eigenvalue weighted by molar-refractivity contribution is -0.121. The van der Waals surface area contributed by atoms with Gasteiger partial charge in [-0.15, -0.1) is 11.3 Å². The zero-order valence-corrected chi connectivity index (χ0v) is 18.1. The zero-order valence-electron chi connectivity index (χ0n) is 17.3. The van der Waals surface area contributed by atoms with Crippen molar-refractivity contribution in [3.63, 3.8) is 0 Å². The van der Waals surface area contributed by atoms with Crippen LogP contribution in [0.15, 0.2) is 66.0 Å². The van der Waals surface area contributed by atoms with Crippen molar-refractivity contribution in [1.29, 1.82) is 0 Å². The number of esters is 1. The molecular weight excluding hydrogens is 447 g/mol. The molecule has 1 saturated heterocycles. The third kappa shape index (κ3) is 5.21. The fourth-order valence-corrected chi connectivity index (χ4v) is 4.04. The van der Waals surface area contributed by atoms with E-state index >= 15 is 0 Å². The Morgan fingerprint density at radius 1 is 1.03 bits per heavy atom. The van der Waals surface area contributed by atoms with Gasteiger partial charge in [0.15, 0.2) is 12.4 Å². The van der Waals surface area contributed by atoms with Crippen LogP contribution in [-0.4, -0.2) is 36.2 Å². The normalized spacial score (nSPS) is 15.7. The number of nitrogens with zero attached hydrogens (tertiary/aromatic N) is 1. The fraction of sp³-hybridized carbons (Fsp3) is 0.167. The number of carbonyl (C=O) groups excluding carboxylic acids is 4. The summed E-state index contributed by atoms with van der Waals surface area (Å²) in [6.45, 7) is 0.00349. The Bertz CT molecular complexity index is 1180. The molecule has 1 fully saturated rings. The summed E-state index contributed by atoms with van der Waals surface area (Å²) >= 11 is 1.56. The Labute approximate surface area is 192 Å². The Morgan fingerprint density at radius 2 is 1.73 bits per heavy atom. The number of hydrogen-bond donors (Lipinski definition) is 1. The van der Waals surface area contributed by atoms with Gasteiger partial charge in [-0.1, -0.05) is 6.07 Å². The smallest absolute Gasteiger partial charge is 0.338 e. The first-order valence-electron chi connectivity index (χ1n) is 10.1. The quantitative estimate of drug-likeness (QED) is 0.311. The van der Waals surface area contributed by atoms with Crippen LogP contribution in [0.3, 0.4) is 0 Å². The molecular formula is C24H19FN2O5S. The summed E-state index contributed by atoms with van der Waals surface area (Å²) in [5, 5.41) is 5.05. The lowest BCUT2D eigenvalue weighted by Gasteiger charge is -2.16. The van der Waals surface area contributed by atoms with Crippen LogP contribution in [0.5, 0.6) is 0 Å². The monoisotopic (exact) mass is 466 g/mol. The molecule has 1 unspecified atom stereocenters. The number of Topliss-reactive ketones (excluding diaryl/α,β-unsaturated/α-hetero) is 1. The predicted molar refractivity (Wildman–Crippen MR) is 120 cm³/mol. The number of imide groups is 1. The van der Waals surface area contributed by atoms with E-state index in [1.165, 1.54) is 36.4 Å². The molecule has 1 aromatic heterocycles. The number of benzene rings is 2. The maximum absolute atomic E-state index is 13.0. The number of ketones is 1. The topological polar surface area (TPSA) is 92.8 Å². The summed E-state index contributed by atoms with van der Waals surface area (Å²) in [6, 6.07) is 14.0. The minimum absolute atomic E-state index is 0.0551. The number of thiophene rings is 1. The average Bonchev–Trinajstić information content (AvgIpc) is 3.44. The van der Waals surface area contributed by atoms with Crippen molar-refractivity contribution in [2.75, 3.05) is 11.5 Å². The van der Waals surface area contributed by atoms with Crippen molar-refractivity contribution < 1.29 is 28.3 Å². The van der Waals surface area contributed by atoms with E-state index in [0.717, 1.165) is 21.9 Å². The highest BCUT2D eigenvalue weighted by atomic mass is 32.1. The number of halogens is 1. The van der Waals surface area contributed by atoms with E-state index in [1.54, 1.807) is 11.3 Å². The van der Waals surface area contributed by atoms with E-state index in [-0.39, 0.29) is 29.4 Å². The van der Waals surface area contributed by atoms with Crippen LogP contribution in [0, 0.1) is 5.82 Å². The van der Waals surface area contributed by atoms with E-state index in [9.17, 15) is 23.6 Å². The Balaban J connectivity index is 1.34. The second-order valence-corrected chi connectivity index (χ2v) is 8.37. The van der Waals surface area contributed by atoms with Gasteiger partial charge in [0.25, 0.3) is 5.91 Å². The molecule has 2 heterocycles. The van der Waals surface area contributed by atoms with E-state index < -0.39 is 30.2 Å². The molecule has 4 rings (SSSR count). The molecule has 1 N–H and O–H groups in total. The van der Waals surface area contributed by atoms with Crippen molar-refractivity contribution >= 4 is 40.6 Å².